The van der Waals surface area contributed by atoms with Gasteiger partial charge in [0.1, 0.15) is 0 Å². The van der Waals surface area contributed by atoms with Crippen molar-refractivity contribution < 1.29 is 73.5 Å². The predicted molar refractivity (Wildman–Crippen MR) is 78.6 cm³/mol. The molecular formula is C14H22N3Na2O3P. The van der Waals surface area contributed by atoms with Crippen LogP contribution in [0.15, 0.2) is 29.5 Å². The predicted octanol–water partition coefficient (Wildman–Crippen LogP) is -4.56. The molecule has 9 heteroatoms. The van der Waals surface area contributed by atoms with Crippen LogP contribution in [0.4, 0.5) is 0 Å². The van der Waals surface area contributed by atoms with Gasteiger partial charge in [0, 0.05) is 6.20 Å². The Morgan fingerprint density at radius 3 is 2.48 bits per heavy atom. The Morgan fingerprint density at radius 2 is 1.91 bits per heavy atom. The maximum Gasteiger partial charge on any atom is 1.00 e. The first-order chi connectivity index (χ1) is 9.76. The van der Waals surface area contributed by atoms with E-state index in [9.17, 15) is 14.4 Å². The van der Waals surface area contributed by atoms with Gasteiger partial charge >= 0.3 is 59.1 Å². The van der Waals surface area contributed by atoms with E-state index in [-0.39, 0.29) is 65.5 Å². The summed E-state index contributed by atoms with van der Waals surface area (Å²) in [6.45, 7) is 6.83. The Balaban J connectivity index is 0. The fourth-order valence-corrected chi connectivity index (χ4v) is 2.24. The Hall–Kier alpha value is 0.770. The molecule has 0 spiro atoms. The molecular weight excluding hydrogens is 335 g/mol. The first-order valence-corrected chi connectivity index (χ1v) is 8.68. The summed E-state index contributed by atoms with van der Waals surface area (Å²) in [4.78, 5) is 21.2. The van der Waals surface area contributed by atoms with Crippen LogP contribution in [0.3, 0.4) is 0 Å². The van der Waals surface area contributed by atoms with E-state index in [4.69, 9.17) is 0 Å². The zero-order valence-electron chi connectivity index (χ0n) is 14.8. The number of allylic oxidation sites excluding steroid dienone is 4. The van der Waals surface area contributed by atoms with Crippen LogP contribution in [-0.4, -0.2) is 21.2 Å². The third-order valence-electron chi connectivity index (χ3n) is 2.95. The summed E-state index contributed by atoms with van der Waals surface area (Å²) in [6.07, 6.45) is 7.68. The SMILES string of the molecule is CC(C)=CCC/C(C)=C/Cn1cc(CCP(=O)([O-])[O-])nn1.[Na+].[Na+]. The summed E-state index contributed by atoms with van der Waals surface area (Å²) in [5.41, 5.74) is 3.11. The molecule has 0 aliphatic rings. The van der Waals surface area contributed by atoms with Gasteiger partial charge in [-0.05, 0) is 46.2 Å². The van der Waals surface area contributed by atoms with Gasteiger partial charge in [-0.2, -0.15) is 0 Å². The first kappa shape index (κ1) is 26.0. The molecule has 23 heavy (non-hydrogen) atoms. The standard InChI is InChI=1S/C14H24N3O3P.2Na/c1-12(2)5-4-6-13(3)7-9-17-11-14(15-16-17)8-10-21(18,19)20;;/h5,7,11H,4,6,8-10H2,1-3H3,(H2,18,19,20);;/q;2*+1/p-2/b13-7+;;. The van der Waals surface area contributed by atoms with Crippen molar-refractivity contribution in [1.29, 1.82) is 0 Å². The second-order valence-corrected chi connectivity index (χ2v) is 7.06. The van der Waals surface area contributed by atoms with Crippen LogP contribution < -0.4 is 68.9 Å². The molecule has 0 fully saturated rings. The summed E-state index contributed by atoms with van der Waals surface area (Å²) in [7, 11) is -4.47. The van der Waals surface area contributed by atoms with Gasteiger partial charge in [-0.15, -0.1) is 5.10 Å². The zero-order valence-corrected chi connectivity index (χ0v) is 19.7. The molecule has 118 valence electrons. The van der Waals surface area contributed by atoms with E-state index in [0.29, 0.717) is 12.2 Å². The van der Waals surface area contributed by atoms with Crippen LogP contribution in [0, 0.1) is 0 Å². The Bertz CT molecular complexity index is 563. The summed E-state index contributed by atoms with van der Waals surface area (Å²) in [6, 6.07) is 0. The molecule has 1 heterocycles. The third kappa shape index (κ3) is 13.7. The minimum absolute atomic E-state index is 0. The molecule has 0 aromatic carbocycles. The van der Waals surface area contributed by atoms with Crippen molar-refractivity contribution in [2.45, 2.75) is 46.6 Å². The molecule has 0 atom stereocenters. The van der Waals surface area contributed by atoms with Crippen LogP contribution in [0.1, 0.15) is 39.3 Å². The van der Waals surface area contributed by atoms with Crippen LogP contribution in [0.2, 0.25) is 0 Å². The number of hydrogen-bond acceptors (Lipinski definition) is 5. The van der Waals surface area contributed by atoms with Gasteiger partial charge in [0.05, 0.1) is 12.2 Å². The number of aromatic nitrogens is 3. The Labute approximate surface area is 182 Å². The Morgan fingerprint density at radius 1 is 1.26 bits per heavy atom. The van der Waals surface area contributed by atoms with Crippen LogP contribution in [0.5, 0.6) is 0 Å². The normalized spacial score (nSPS) is 11.4. The number of aryl methyl sites for hydroxylation is 1. The molecule has 1 aromatic rings. The first-order valence-electron chi connectivity index (χ1n) is 6.95. The zero-order chi connectivity index (χ0) is 15.9. The van der Waals surface area contributed by atoms with Crippen LogP contribution in [0.25, 0.3) is 0 Å². The summed E-state index contributed by atoms with van der Waals surface area (Å²) < 4.78 is 12.2. The summed E-state index contributed by atoms with van der Waals surface area (Å²) in [5.74, 6) is 0. The van der Waals surface area contributed by atoms with E-state index in [2.05, 4.69) is 43.2 Å². The minimum Gasteiger partial charge on any atom is -0.811 e. The maximum absolute atomic E-state index is 10.6. The molecule has 0 radical (unpaired) electrons. The van der Waals surface area contributed by atoms with Crippen molar-refractivity contribution in [3.63, 3.8) is 0 Å². The third-order valence-corrected chi connectivity index (χ3v) is 3.72. The second-order valence-electron chi connectivity index (χ2n) is 5.39. The van der Waals surface area contributed by atoms with Gasteiger partial charge in [0.2, 0.25) is 0 Å². The van der Waals surface area contributed by atoms with Gasteiger partial charge in [0.15, 0.2) is 0 Å². The molecule has 6 nitrogen and oxygen atoms in total. The van der Waals surface area contributed by atoms with E-state index in [1.165, 1.54) is 11.1 Å². The van der Waals surface area contributed by atoms with Gasteiger partial charge in [-0.1, -0.05) is 36.1 Å². The smallest absolute Gasteiger partial charge is 0.811 e. The topological polar surface area (TPSA) is 93.9 Å². The van der Waals surface area contributed by atoms with E-state index in [1.807, 2.05) is 0 Å². The van der Waals surface area contributed by atoms with Crippen molar-refractivity contribution in [3.8, 4) is 0 Å². The number of nitrogens with zero attached hydrogens (tertiary/aromatic N) is 3. The molecule has 1 rings (SSSR count). The second kappa shape index (κ2) is 13.0. The van der Waals surface area contributed by atoms with E-state index in [0.717, 1.165) is 12.8 Å². The summed E-state index contributed by atoms with van der Waals surface area (Å²) in [5, 5.41) is 7.77. The van der Waals surface area contributed by atoms with Crippen molar-refractivity contribution in [2.24, 2.45) is 0 Å². The minimum atomic E-state index is -4.47. The fraction of sp³-hybridized carbons (Fsp3) is 0.571. The number of rotatable bonds is 8. The molecule has 0 N–H and O–H groups in total. The van der Waals surface area contributed by atoms with Crippen LogP contribution in [-0.2, 0) is 17.5 Å². The average Bonchev–Trinajstić information content (AvgIpc) is 2.80. The molecule has 0 aliphatic carbocycles. The van der Waals surface area contributed by atoms with Crippen molar-refractivity contribution in [3.05, 3.63) is 35.2 Å². The molecule has 1 aromatic heterocycles. The molecule has 0 saturated carbocycles. The summed E-state index contributed by atoms with van der Waals surface area (Å²) >= 11 is 0. The van der Waals surface area contributed by atoms with Crippen molar-refractivity contribution >= 4 is 7.60 Å². The molecule has 0 amide bonds. The van der Waals surface area contributed by atoms with Gasteiger partial charge in [-0.3, -0.25) is 0 Å². The van der Waals surface area contributed by atoms with Crippen molar-refractivity contribution in [2.75, 3.05) is 6.16 Å². The Kier molecular flexibility index (Phi) is 14.7. The van der Waals surface area contributed by atoms with Crippen LogP contribution >= 0.6 is 7.60 Å². The van der Waals surface area contributed by atoms with E-state index >= 15 is 0 Å². The number of hydrogen-bond donors (Lipinski definition) is 0. The molecule has 0 bridgehead atoms. The van der Waals surface area contributed by atoms with Gasteiger partial charge < -0.3 is 14.4 Å². The quantitative estimate of drug-likeness (QED) is 0.265. The van der Waals surface area contributed by atoms with E-state index < -0.39 is 13.8 Å². The maximum atomic E-state index is 10.6. The largest absolute Gasteiger partial charge is 1.00 e. The van der Waals surface area contributed by atoms with Gasteiger partial charge in [0.25, 0.3) is 0 Å². The molecule has 0 unspecified atom stereocenters. The molecule has 0 aliphatic heterocycles. The van der Waals surface area contributed by atoms with Crippen molar-refractivity contribution in [1.82, 2.24) is 15.0 Å². The van der Waals surface area contributed by atoms with E-state index in [1.54, 1.807) is 10.9 Å². The average molecular weight is 357 g/mol. The van der Waals surface area contributed by atoms with Gasteiger partial charge in [-0.25, -0.2) is 4.68 Å². The molecule has 0 saturated heterocycles. The monoisotopic (exact) mass is 357 g/mol. The fourth-order valence-electron chi connectivity index (χ4n) is 1.73.